The first-order chi connectivity index (χ1) is 9.70. The Balaban J connectivity index is 0.00000220. The average molecular weight is 311 g/mol. The van der Waals surface area contributed by atoms with Gasteiger partial charge in [-0.15, -0.1) is 12.4 Å². The van der Waals surface area contributed by atoms with Crippen LogP contribution in [0.3, 0.4) is 0 Å². The third-order valence-electron chi connectivity index (χ3n) is 4.46. The fourth-order valence-corrected chi connectivity index (χ4v) is 3.18. The molecule has 1 aromatic rings. The largest absolute Gasteiger partial charge is 0.399 e. The molecule has 1 aliphatic rings. The van der Waals surface area contributed by atoms with Crippen LogP contribution in [0.2, 0.25) is 0 Å². The summed E-state index contributed by atoms with van der Waals surface area (Å²) in [5.41, 5.74) is 7.75. The normalized spacial score (nSPS) is 21.4. The van der Waals surface area contributed by atoms with Crippen LogP contribution in [0.5, 0.6) is 0 Å². The van der Waals surface area contributed by atoms with E-state index in [2.05, 4.69) is 12.2 Å². The lowest BCUT2D eigenvalue weighted by atomic mass is 9.83. The van der Waals surface area contributed by atoms with Crippen LogP contribution in [0.1, 0.15) is 51.0 Å². The summed E-state index contributed by atoms with van der Waals surface area (Å²) in [4.78, 5) is 12.1. The summed E-state index contributed by atoms with van der Waals surface area (Å²) in [7, 11) is 0. The zero-order chi connectivity index (χ0) is 14.4. The van der Waals surface area contributed by atoms with Gasteiger partial charge in [0, 0.05) is 18.2 Å². The first-order valence-corrected chi connectivity index (χ1v) is 7.83. The standard InChI is InChI=1S/C17H26N2O.ClH/c1-2-13-7-4-6-10-16(13)19-17(20)12-11-14-8-3-5-9-15(14)18;/h3,5,8-9,13,16H,2,4,6-7,10-12,18H2,1H3,(H,19,20);1H. The lowest BCUT2D eigenvalue weighted by Gasteiger charge is -2.31. The topological polar surface area (TPSA) is 55.1 Å². The Hall–Kier alpha value is -1.22. The Morgan fingerprint density at radius 1 is 1.29 bits per heavy atom. The molecule has 0 spiro atoms. The smallest absolute Gasteiger partial charge is 0.220 e. The van der Waals surface area contributed by atoms with E-state index in [9.17, 15) is 4.79 Å². The van der Waals surface area contributed by atoms with Crippen LogP contribution in [0.15, 0.2) is 24.3 Å². The fraction of sp³-hybridized carbons (Fsp3) is 0.588. The van der Waals surface area contributed by atoms with E-state index in [0.717, 1.165) is 30.5 Å². The Morgan fingerprint density at radius 2 is 2.00 bits per heavy atom. The molecule has 1 saturated carbocycles. The highest BCUT2D eigenvalue weighted by atomic mass is 35.5. The first-order valence-electron chi connectivity index (χ1n) is 7.83. The quantitative estimate of drug-likeness (QED) is 0.815. The minimum Gasteiger partial charge on any atom is -0.399 e. The number of hydrogen-bond donors (Lipinski definition) is 2. The van der Waals surface area contributed by atoms with Gasteiger partial charge in [0.15, 0.2) is 0 Å². The van der Waals surface area contributed by atoms with Crippen LogP contribution in [0.4, 0.5) is 5.69 Å². The molecule has 2 unspecified atom stereocenters. The molecule has 1 aliphatic carbocycles. The lowest BCUT2D eigenvalue weighted by Crippen LogP contribution is -2.42. The van der Waals surface area contributed by atoms with E-state index in [1.54, 1.807) is 0 Å². The van der Waals surface area contributed by atoms with Crippen molar-refractivity contribution >= 4 is 24.0 Å². The minimum atomic E-state index is 0. The van der Waals surface area contributed by atoms with Gasteiger partial charge >= 0.3 is 0 Å². The SMILES string of the molecule is CCC1CCCCC1NC(=O)CCc1ccccc1N.Cl. The van der Waals surface area contributed by atoms with Gasteiger partial charge in [-0.25, -0.2) is 0 Å². The maximum Gasteiger partial charge on any atom is 0.220 e. The summed E-state index contributed by atoms with van der Waals surface area (Å²) < 4.78 is 0. The van der Waals surface area contributed by atoms with Crippen molar-refractivity contribution in [2.75, 3.05) is 5.73 Å². The molecule has 4 heteroatoms. The van der Waals surface area contributed by atoms with Crippen LogP contribution in [-0.2, 0) is 11.2 Å². The summed E-state index contributed by atoms with van der Waals surface area (Å²) in [5.74, 6) is 0.827. The van der Waals surface area contributed by atoms with Gasteiger partial charge in [-0.05, 0) is 36.8 Å². The van der Waals surface area contributed by atoms with Crippen LogP contribution in [0.25, 0.3) is 0 Å². The van der Waals surface area contributed by atoms with Crippen molar-refractivity contribution in [3.05, 3.63) is 29.8 Å². The first kappa shape index (κ1) is 17.8. The lowest BCUT2D eigenvalue weighted by molar-refractivity contribution is -0.122. The Kier molecular flexibility index (Phi) is 7.58. The van der Waals surface area contributed by atoms with E-state index < -0.39 is 0 Å². The number of anilines is 1. The molecule has 0 aliphatic heterocycles. The molecule has 2 rings (SSSR count). The number of carbonyl (C=O) groups excluding carboxylic acids is 1. The summed E-state index contributed by atoms with van der Waals surface area (Å²) in [6, 6.07) is 8.17. The monoisotopic (exact) mass is 310 g/mol. The summed E-state index contributed by atoms with van der Waals surface area (Å²) in [6.07, 6.45) is 7.36. The summed E-state index contributed by atoms with van der Waals surface area (Å²) in [6.45, 7) is 2.22. The molecule has 21 heavy (non-hydrogen) atoms. The van der Waals surface area contributed by atoms with E-state index in [1.165, 1.54) is 19.3 Å². The molecular formula is C17H27ClN2O. The van der Waals surface area contributed by atoms with Crippen LogP contribution >= 0.6 is 12.4 Å². The van der Waals surface area contributed by atoms with Crippen molar-refractivity contribution in [2.45, 2.75) is 57.9 Å². The molecule has 0 radical (unpaired) electrons. The predicted octanol–water partition coefficient (Wildman–Crippen LogP) is 3.71. The molecule has 2 atom stereocenters. The maximum absolute atomic E-state index is 12.1. The van der Waals surface area contributed by atoms with Crippen LogP contribution < -0.4 is 11.1 Å². The number of nitrogens with two attached hydrogens (primary N) is 1. The number of carbonyl (C=O) groups is 1. The zero-order valence-corrected chi connectivity index (χ0v) is 13.6. The van der Waals surface area contributed by atoms with E-state index >= 15 is 0 Å². The average Bonchev–Trinajstić information content (AvgIpc) is 2.47. The van der Waals surface area contributed by atoms with Gasteiger partial charge < -0.3 is 11.1 Å². The van der Waals surface area contributed by atoms with Crippen LogP contribution in [-0.4, -0.2) is 11.9 Å². The van der Waals surface area contributed by atoms with Crippen molar-refractivity contribution < 1.29 is 4.79 Å². The van der Waals surface area contributed by atoms with Crippen molar-refractivity contribution in [1.82, 2.24) is 5.32 Å². The summed E-state index contributed by atoms with van der Waals surface area (Å²) in [5, 5.41) is 3.23. The third kappa shape index (κ3) is 5.24. The van der Waals surface area contributed by atoms with Crippen molar-refractivity contribution in [2.24, 2.45) is 5.92 Å². The van der Waals surface area contributed by atoms with Gasteiger partial charge in [0.2, 0.25) is 5.91 Å². The third-order valence-corrected chi connectivity index (χ3v) is 4.46. The number of nitrogen functional groups attached to an aromatic ring is 1. The summed E-state index contributed by atoms with van der Waals surface area (Å²) >= 11 is 0. The molecule has 118 valence electrons. The van der Waals surface area contributed by atoms with Gasteiger partial charge in [0.1, 0.15) is 0 Å². The Bertz CT molecular complexity index is 450. The van der Waals surface area contributed by atoms with E-state index in [-0.39, 0.29) is 18.3 Å². The maximum atomic E-state index is 12.1. The van der Waals surface area contributed by atoms with Gasteiger partial charge in [0.05, 0.1) is 0 Å². The molecule has 0 heterocycles. The molecule has 1 fully saturated rings. The number of amides is 1. The van der Waals surface area contributed by atoms with Crippen molar-refractivity contribution in [3.63, 3.8) is 0 Å². The molecule has 0 bridgehead atoms. The predicted molar refractivity (Wildman–Crippen MR) is 90.6 cm³/mol. The van der Waals surface area contributed by atoms with Gasteiger partial charge in [-0.1, -0.05) is 44.4 Å². The molecular weight excluding hydrogens is 284 g/mol. The molecule has 1 aromatic carbocycles. The number of benzene rings is 1. The number of hydrogen-bond acceptors (Lipinski definition) is 2. The number of nitrogens with one attached hydrogen (secondary N) is 1. The Labute approximate surface area is 134 Å². The second-order valence-electron chi connectivity index (χ2n) is 5.83. The highest BCUT2D eigenvalue weighted by Crippen LogP contribution is 2.26. The number of aryl methyl sites for hydroxylation is 1. The fourth-order valence-electron chi connectivity index (χ4n) is 3.18. The molecule has 3 N–H and O–H groups in total. The second-order valence-corrected chi connectivity index (χ2v) is 5.83. The Morgan fingerprint density at radius 3 is 2.71 bits per heavy atom. The van der Waals surface area contributed by atoms with Crippen molar-refractivity contribution in [1.29, 1.82) is 0 Å². The number of para-hydroxylation sites is 1. The van der Waals surface area contributed by atoms with Gasteiger partial charge in [-0.2, -0.15) is 0 Å². The number of halogens is 1. The molecule has 0 aromatic heterocycles. The number of rotatable bonds is 5. The highest BCUT2D eigenvalue weighted by Gasteiger charge is 2.24. The van der Waals surface area contributed by atoms with Crippen LogP contribution in [0, 0.1) is 5.92 Å². The van der Waals surface area contributed by atoms with E-state index in [1.807, 2.05) is 24.3 Å². The highest BCUT2D eigenvalue weighted by molar-refractivity contribution is 5.85. The minimum absolute atomic E-state index is 0. The molecule has 1 amide bonds. The second kappa shape index (κ2) is 8.93. The zero-order valence-electron chi connectivity index (χ0n) is 12.8. The van der Waals surface area contributed by atoms with Gasteiger partial charge in [0.25, 0.3) is 0 Å². The molecule has 0 saturated heterocycles. The van der Waals surface area contributed by atoms with E-state index in [0.29, 0.717) is 18.4 Å². The van der Waals surface area contributed by atoms with E-state index in [4.69, 9.17) is 5.73 Å². The van der Waals surface area contributed by atoms with Gasteiger partial charge in [-0.3, -0.25) is 4.79 Å². The molecule has 3 nitrogen and oxygen atoms in total. The van der Waals surface area contributed by atoms with Crippen molar-refractivity contribution in [3.8, 4) is 0 Å².